The lowest BCUT2D eigenvalue weighted by Crippen LogP contribution is -1.97. The van der Waals surface area contributed by atoms with Gasteiger partial charge in [-0.15, -0.1) is 0 Å². The molecule has 0 heterocycles. The molecule has 0 aliphatic heterocycles. The summed E-state index contributed by atoms with van der Waals surface area (Å²) in [6.45, 7) is 0.504. The molecule has 0 saturated carbocycles. The van der Waals surface area contributed by atoms with Gasteiger partial charge >= 0.3 is 0 Å². The summed E-state index contributed by atoms with van der Waals surface area (Å²) in [6.07, 6.45) is 1.41. The summed E-state index contributed by atoms with van der Waals surface area (Å²) in [5, 5.41) is 9.80. The minimum atomic E-state index is -0.313. The second-order valence-corrected chi connectivity index (χ2v) is 6.03. The Morgan fingerprint density at radius 3 is 2.86 bits per heavy atom. The van der Waals surface area contributed by atoms with Crippen LogP contribution in [-0.2, 0) is 13.0 Å². The van der Waals surface area contributed by atoms with Gasteiger partial charge in [-0.1, -0.05) is 12.1 Å². The smallest absolute Gasteiger partial charge is 0.133 e. The highest BCUT2D eigenvalue weighted by atomic mass is 79.9. The predicted molar refractivity (Wildman–Crippen MR) is 84.7 cm³/mol. The Morgan fingerprint density at radius 1 is 1.24 bits per heavy atom. The summed E-state index contributed by atoms with van der Waals surface area (Å²) < 4.78 is 12.0. The van der Waals surface area contributed by atoms with E-state index in [2.05, 4.69) is 15.9 Å². The highest BCUT2D eigenvalue weighted by Crippen LogP contribution is 2.33. The van der Waals surface area contributed by atoms with Crippen molar-refractivity contribution in [3.05, 3.63) is 57.6 Å². The van der Waals surface area contributed by atoms with Crippen molar-refractivity contribution in [3.63, 3.8) is 0 Å². The number of fused-ring (bicyclic) bond motifs is 1. The van der Waals surface area contributed by atoms with E-state index in [-0.39, 0.29) is 6.10 Å². The summed E-state index contributed by atoms with van der Waals surface area (Å²) in [6, 6.07) is 11.8. The second-order valence-electron chi connectivity index (χ2n) is 5.17. The molecular formula is C17H17BrO3. The third-order valence-electron chi connectivity index (χ3n) is 3.78. The van der Waals surface area contributed by atoms with E-state index in [4.69, 9.17) is 9.47 Å². The normalized spacial score (nSPS) is 16.6. The van der Waals surface area contributed by atoms with Gasteiger partial charge in [0.1, 0.15) is 18.1 Å². The van der Waals surface area contributed by atoms with E-state index in [0.29, 0.717) is 6.61 Å². The zero-order valence-electron chi connectivity index (χ0n) is 11.8. The summed E-state index contributed by atoms with van der Waals surface area (Å²) in [4.78, 5) is 0. The maximum Gasteiger partial charge on any atom is 0.133 e. The fourth-order valence-corrected chi connectivity index (χ4v) is 3.22. The van der Waals surface area contributed by atoms with Crippen molar-refractivity contribution in [2.24, 2.45) is 0 Å². The molecule has 0 bridgehead atoms. The quantitative estimate of drug-likeness (QED) is 0.906. The molecular weight excluding hydrogens is 332 g/mol. The molecule has 110 valence electrons. The number of halogens is 1. The van der Waals surface area contributed by atoms with Gasteiger partial charge in [-0.25, -0.2) is 0 Å². The van der Waals surface area contributed by atoms with Gasteiger partial charge in [-0.05, 0) is 69.7 Å². The summed E-state index contributed by atoms with van der Waals surface area (Å²) >= 11 is 3.47. The van der Waals surface area contributed by atoms with Gasteiger partial charge in [-0.3, -0.25) is 0 Å². The number of aliphatic hydroxyl groups excluding tert-OH is 1. The number of aliphatic hydroxyl groups is 1. The Hall–Kier alpha value is -1.52. The standard InChI is InChI=1S/C17H17BrO3/c1-20-17-7-2-11(8-15(17)18)10-21-13-4-5-14-12(9-13)3-6-16(14)19/h2,4-5,7-9,16,19H,3,6,10H2,1H3/t16-/m0/s1. The fraction of sp³-hybridized carbons (Fsp3) is 0.294. The van der Waals surface area contributed by atoms with Gasteiger partial charge < -0.3 is 14.6 Å². The molecule has 0 spiro atoms. The molecule has 1 aliphatic carbocycles. The maximum atomic E-state index is 9.80. The maximum absolute atomic E-state index is 9.80. The van der Waals surface area contributed by atoms with Crippen molar-refractivity contribution in [2.45, 2.75) is 25.6 Å². The van der Waals surface area contributed by atoms with Gasteiger partial charge in [0.25, 0.3) is 0 Å². The zero-order chi connectivity index (χ0) is 14.8. The van der Waals surface area contributed by atoms with Crippen LogP contribution in [-0.4, -0.2) is 12.2 Å². The minimum Gasteiger partial charge on any atom is -0.496 e. The summed E-state index contributed by atoms with van der Waals surface area (Å²) in [7, 11) is 1.65. The van der Waals surface area contributed by atoms with E-state index >= 15 is 0 Å². The predicted octanol–water partition coefficient (Wildman–Crippen LogP) is 4.02. The number of benzene rings is 2. The van der Waals surface area contributed by atoms with Crippen LogP contribution in [0.2, 0.25) is 0 Å². The van der Waals surface area contributed by atoms with Crippen LogP contribution in [0.15, 0.2) is 40.9 Å². The molecule has 21 heavy (non-hydrogen) atoms. The highest BCUT2D eigenvalue weighted by Gasteiger charge is 2.20. The van der Waals surface area contributed by atoms with Crippen LogP contribution in [0.25, 0.3) is 0 Å². The molecule has 0 unspecified atom stereocenters. The fourth-order valence-electron chi connectivity index (χ4n) is 2.63. The van der Waals surface area contributed by atoms with Crippen molar-refractivity contribution < 1.29 is 14.6 Å². The molecule has 2 aromatic rings. The van der Waals surface area contributed by atoms with Crippen molar-refractivity contribution in [2.75, 3.05) is 7.11 Å². The van der Waals surface area contributed by atoms with E-state index in [1.165, 1.54) is 5.56 Å². The molecule has 2 aromatic carbocycles. The molecule has 3 rings (SSSR count). The largest absolute Gasteiger partial charge is 0.496 e. The third kappa shape index (κ3) is 3.06. The number of hydrogen-bond acceptors (Lipinski definition) is 3. The van der Waals surface area contributed by atoms with Crippen LogP contribution < -0.4 is 9.47 Å². The molecule has 0 radical (unpaired) electrons. The highest BCUT2D eigenvalue weighted by molar-refractivity contribution is 9.10. The molecule has 0 fully saturated rings. The third-order valence-corrected chi connectivity index (χ3v) is 4.40. The molecule has 1 aliphatic rings. The minimum absolute atomic E-state index is 0.313. The Balaban J connectivity index is 1.69. The van der Waals surface area contributed by atoms with Gasteiger partial charge in [0, 0.05) is 0 Å². The molecule has 4 heteroatoms. The van der Waals surface area contributed by atoms with Crippen LogP contribution in [0.5, 0.6) is 11.5 Å². The van der Waals surface area contributed by atoms with Gasteiger partial charge in [0.05, 0.1) is 17.7 Å². The van der Waals surface area contributed by atoms with E-state index in [1.54, 1.807) is 7.11 Å². The summed E-state index contributed by atoms with van der Waals surface area (Å²) in [5.41, 5.74) is 3.30. The van der Waals surface area contributed by atoms with Crippen molar-refractivity contribution >= 4 is 15.9 Å². The van der Waals surface area contributed by atoms with E-state index in [1.807, 2.05) is 36.4 Å². The molecule has 0 aromatic heterocycles. The average Bonchev–Trinajstić information content (AvgIpc) is 2.86. The van der Waals surface area contributed by atoms with Crippen molar-refractivity contribution in [1.29, 1.82) is 0 Å². The van der Waals surface area contributed by atoms with Crippen LogP contribution >= 0.6 is 15.9 Å². The average molecular weight is 349 g/mol. The lowest BCUT2D eigenvalue weighted by molar-refractivity contribution is 0.180. The molecule has 3 nitrogen and oxygen atoms in total. The Morgan fingerprint density at radius 2 is 2.10 bits per heavy atom. The van der Waals surface area contributed by atoms with Crippen LogP contribution in [0, 0.1) is 0 Å². The van der Waals surface area contributed by atoms with Gasteiger partial charge in [0.2, 0.25) is 0 Å². The van der Waals surface area contributed by atoms with Gasteiger partial charge in [-0.2, -0.15) is 0 Å². The van der Waals surface area contributed by atoms with Crippen LogP contribution in [0.3, 0.4) is 0 Å². The monoisotopic (exact) mass is 348 g/mol. The second kappa shape index (κ2) is 6.08. The number of hydrogen-bond donors (Lipinski definition) is 1. The first-order valence-corrected chi connectivity index (χ1v) is 7.73. The SMILES string of the molecule is COc1ccc(COc2ccc3c(c2)CC[C@@H]3O)cc1Br. The molecule has 1 N–H and O–H groups in total. The zero-order valence-corrected chi connectivity index (χ0v) is 13.4. The number of ether oxygens (including phenoxy) is 2. The molecule has 0 amide bonds. The first-order chi connectivity index (χ1) is 10.2. The summed E-state index contributed by atoms with van der Waals surface area (Å²) in [5.74, 6) is 1.65. The topological polar surface area (TPSA) is 38.7 Å². The van der Waals surface area contributed by atoms with E-state index in [9.17, 15) is 5.11 Å². The first-order valence-electron chi connectivity index (χ1n) is 6.93. The van der Waals surface area contributed by atoms with Gasteiger partial charge in [0.15, 0.2) is 0 Å². The van der Waals surface area contributed by atoms with E-state index in [0.717, 1.165) is 39.9 Å². The van der Waals surface area contributed by atoms with Crippen molar-refractivity contribution in [1.82, 2.24) is 0 Å². The van der Waals surface area contributed by atoms with Crippen LogP contribution in [0.4, 0.5) is 0 Å². The Bertz CT molecular complexity index is 654. The Kier molecular flexibility index (Phi) is 4.17. The van der Waals surface area contributed by atoms with Crippen molar-refractivity contribution in [3.8, 4) is 11.5 Å². The number of methoxy groups -OCH3 is 1. The lowest BCUT2D eigenvalue weighted by Gasteiger charge is -2.10. The molecule has 0 saturated heterocycles. The number of rotatable bonds is 4. The van der Waals surface area contributed by atoms with E-state index < -0.39 is 0 Å². The lowest BCUT2D eigenvalue weighted by atomic mass is 10.1. The van der Waals surface area contributed by atoms with Crippen LogP contribution in [0.1, 0.15) is 29.2 Å². The molecule has 1 atom stereocenters. The number of aryl methyl sites for hydroxylation is 1. The first kappa shape index (κ1) is 14.4. The Labute approximate surface area is 132 Å².